The molecule has 0 N–H and O–H groups in total. The molecule has 0 aromatic carbocycles. The minimum Gasteiger partial charge on any atom is -0.362 e. The lowest BCUT2D eigenvalue weighted by molar-refractivity contribution is -0.119. The lowest BCUT2D eigenvalue weighted by Gasteiger charge is -2.36. The molecule has 2 fully saturated rings. The summed E-state index contributed by atoms with van der Waals surface area (Å²) in [6, 6.07) is 4.35. The molecule has 1 saturated carbocycles. The quantitative estimate of drug-likeness (QED) is 0.691. The van der Waals surface area contributed by atoms with Crippen molar-refractivity contribution in [3.63, 3.8) is 0 Å². The number of anilines is 2. The van der Waals surface area contributed by atoms with E-state index < -0.39 is 0 Å². The average Bonchev–Trinajstić information content (AvgIpc) is 3.60. The molecular formula is C25H34N6O. The first-order chi connectivity index (χ1) is 15.5. The molecule has 1 aliphatic carbocycles. The molecule has 5 rings (SSSR count). The third-order valence-corrected chi connectivity index (χ3v) is 7.07. The molecule has 2 aromatic heterocycles. The van der Waals surface area contributed by atoms with E-state index in [1.807, 2.05) is 31.3 Å². The Labute approximate surface area is 190 Å². The first-order valence-electron chi connectivity index (χ1n) is 12.0. The van der Waals surface area contributed by atoms with Crippen molar-refractivity contribution in [1.29, 1.82) is 0 Å². The van der Waals surface area contributed by atoms with Crippen LogP contribution in [-0.2, 0) is 17.8 Å². The summed E-state index contributed by atoms with van der Waals surface area (Å²) in [5, 5.41) is 0. The number of aromatic nitrogens is 3. The van der Waals surface area contributed by atoms with Crippen molar-refractivity contribution in [2.45, 2.75) is 64.5 Å². The highest BCUT2D eigenvalue weighted by molar-refractivity contribution is 5.95. The summed E-state index contributed by atoms with van der Waals surface area (Å²) in [5.74, 6) is 3.65. The van der Waals surface area contributed by atoms with Gasteiger partial charge in [0.25, 0.3) is 0 Å². The molecular weight excluding hydrogens is 400 g/mol. The van der Waals surface area contributed by atoms with E-state index in [9.17, 15) is 4.79 Å². The number of carbonyl (C=O) groups excluding carboxylic acids is 1. The van der Waals surface area contributed by atoms with E-state index in [4.69, 9.17) is 9.97 Å². The van der Waals surface area contributed by atoms with Gasteiger partial charge in [-0.15, -0.1) is 0 Å². The second-order valence-corrected chi connectivity index (χ2v) is 9.78. The number of hydrogen-bond donors (Lipinski definition) is 0. The van der Waals surface area contributed by atoms with Gasteiger partial charge in [-0.25, -0.2) is 15.0 Å². The van der Waals surface area contributed by atoms with Crippen LogP contribution < -0.4 is 9.80 Å². The lowest BCUT2D eigenvalue weighted by Crippen LogP contribution is -2.39. The molecule has 0 radical (unpaired) electrons. The van der Waals surface area contributed by atoms with Gasteiger partial charge < -0.3 is 4.90 Å². The molecule has 0 unspecified atom stereocenters. The van der Waals surface area contributed by atoms with Crippen LogP contribution in [0.3, 0.4) is 0 Å². The third-order valence-electron chi connectivity index (χ3n) is 7.07. The predicted octanol–water partition coefficient (Wildman–Crippen LogP) is 3.66. The largest absolute Gasteiger partial charge is 0.362 e. The van der Waals surface area contributed by atoms with Crippen molar-refractivity contribution >= 4 is 17.5 Å². The van der Waals surface area contributed by atoms with Crippen molar-refractivity contribution < 1.29 is 4.79 Å². The minimum atomic E-state index is 0.169. The summed E-state index contributed by atoms with van der Waals surface area (Å²) in [5.41, 5.74) is 3.43. The number of nitrogens with zero attached hydrogens (tertiary/aromatic N) is 6. The van der Waals surface area contributed by atoms with Crippen LogP contribution in [0.15, 0.2) is 18.3 Å². The monoisotopic (exact) mass is 434 g/mol. The Bertz CT molecular complexity index is 1000. The second kappa shape index (κ2) is 8.77. The predicted molar refractivity (Wildman–Crippen MR) is 126 cm³/mol. The number of hydrogen-bond acceptors (Lipinski definition) is 6. The van der Waals surface area contributed by atoms with Crippen molar-refractivity contribution in [2.75, 3.05) is 37.0 Å². The maximum Gasteiger partial charge on any atom is 0.228 e. The average molecular weight is 435 g/mol. The van der Waals surface area contributed by atoms with Gasteiger partial charge in [-0.2, -0.15) is 0 Å². The van der Waals surface area contributed by atoms with E-state index in [1.54, 1.807) is 0 Å². The van der Waals surface area contributed by atoms with Gasteiger partial charge in [-0.1, -0.05) is 12.5 Å². The molecule has 2 aromatic rings. The number of amides is 1. The van der Waals surface area contributed by atoms with Crippen molar-refractivity contribution in [3.8, 4) is 0 Å². The molecule has 4 heterocycles. The summed E-state index contributed by atoms with van der Waals surface area (Å²) >= 11 is 0. The normalized spacial score (nSPS) is 21.5. The summed E-state index contributed by atoms with van der Waals surface area (Å²) in [4.78, 5) is 34.0. The van der Waals surface area contributed by atoms with Gasteiger partial charge in [0.15, 0.2) is 0 Å². The zero-order valence-electron chi connectivity index (χ0n) is 19.5. The van der Waals surface area contributed by atoms with Crippen LogP contribution in [0.4, 0.5) is 11.6 Å². The highest BCUT2D eigenvalue weighted by Gasteiger charge is 2.35. The van der Waals surface area contributed by atoms with Crippen LogP contribution in [0.25, 0.3) is 0 Å². The second-order valence-electron chi connectivity index (χ2n) is 9.78. The number of aryl methyl sites for hydroxylation is 1. The Balaban J connectivity index is 1.47. The molecule has 0 bridgehead atoms. The van der Waals surface area contributed by atoms with E-state index in [0.717, 1.165) is 55.6 Å². The van der Waals surface area contributed by atoms with Crippen LogP contribution in [-0.4, -0.2) is 52.9 Å². The van der Waals surface area contributed by atoms with Crippen molar-refractivity contribution in [3.05, 3.63) is 41.0 Å². The van der Waals surface area contributed by atoms with Gasteiger partial charge in [0, 0.05) is 56.6 Å². The molecule has 32 heavy (non-hydrogen) atoms. The van der Waals surface area contributed by atoms with Gasteiger partial charge in [0.1, 0.15) is 17.5 Å². The lowest BCUT2D eigenvalue weighted by atomic mass is 9.98. The Morgan fingerprint density at radius 1 is 1.12 bits per heavy atom. The summed E-state index contributed by atoms with van der Waals surface area (Å²) in [6.45, 7) is 4.76. The molecule has 3 aliphatic rings. The zero-order valence-corrected chi connectivity index (χ0v) is 19.5. The van der Waals surface area contributed by atoms with Crippen LogP contribution in [0.2, 0.25) is 0 Å². The van der Waals surface area contributed by atoms with E-state index in [0.29, 0.717) is 12.3 Å². The Morgan fingerprint density at radius 3 is 2.75 bits per heavy atom. The van der Waals surface area contributed by atoms with Gasteiger partial charge in [0.2, 0.25) is 5.91 Å². The molecule has 1 amide bonds. The molecule has 1 saturated heterocycles. The fourth-order valence-corrected chi connectivity index (χ4v) is 5.15. The number of piperidine rings is 1. The molecule has 7 nitrogen and oxygen atoms in total. The van der Waals surface area contributed by atoms with Crippen molar-refractivity contribution in [1.82, 2.24) is 19.9 Å². The highest BCUT2D eigenvalue weighted by atomic mass is 16.2. The molecule has 7 heteroatoms. The van der Waals surface area contributed by atoms with Crippen LogP contribution in [0.5, 0.6) is 0 Å². The maximum absolute atomic E-state index is 12.8. The number of fused-ring (bicyclic) bond motifs is 1. The van der Waals surface area contributed by atoms with Gasteiger partial charge >= 0.3 is 0 Å². The molecule has 1 atom stereocenters. The van der Waals surface area contributed by atoms with E-state index in [-0.39, 0.29) is 11.9 Å². The number of rotatable bonds is 6. The fourth-order valence-electron chi connectivity index (χ4n) is 5.15. The minimum absolute atomic E-state index is 0.169. The van der Waals surface area contributed by atoms with Crippen molar-refractivity contribution in [2.24, 2.45) is 5.92 Å². The number of pyridine rings is 1. The summed E-state index contributed by atoms with van der Waals surface area (Å²) in [7, 11) is 4.09. The van der Waals surface area contributed by atoms with Crippen LogP contribution in [0, 0.1) is 12.8 Å². The highest BCUT2D eigenvalue weighted by Crippen LogP contribution is 2.37. The molecule has 0 spiro atoms. The van der Waals surface area contributed by atoms with Gasteiger partial charge in [0.05, 0.1) is 6.04 Å². The zero-order chi connectivity index (χ0) is 22.2. The summed E-state index contributed by atoms with van der Waals surface area (Å²) in [6.07, 6.45) is 9.06. The number of likely N-dealkylation sites (tertiary alicyclic amines) is 1. The van der Waals surface area contributed by atoms with Gasteiger partial charge in [-0.3, -0.25) is 14.6 Å². The summed E-state index contributed by atoms with van der Waals surface area (Å²) < 4.78 is 0. The standard InChI is InChI=1S/C25H34N6O/c1-17-20-11-12-22(32)31(15-18-9-10-18)25(20)28-23(27-17)21-8-4-5-14-30(21)16-19-7-6-13-26-24(19)29(2)3/h6-7,13,18,21H,4-5,8-12,14-16H2,1-3H3/t21-/m1/s1. The molecule has 2 aliphatic heterocycles. The SMILES string of the molecule is Cc1nc([C@H]2CCCCN2Cc2cccnc2N(C)C)nc2c1CCC(=O)N2CC1CC1. The fraction of sp³-hybridized carbons (Fsp3) is 0.600. The molecule has 170 valence electrons. The van der Waals surface area contributed by atoms with Gasteiger partial charge in [-0.05, 0) is 57.6 Å². The number of carbonyl (C=O) groups is 1. The van der Waals surface area contributed by atoms with E-state index >= 15 is 0 Å². The smallest absolute Gasteiger partial charge is 0.228 e. The van der Waals surface area contributed by atoms with Crippen LogP contribution >= 0.6 is 0 Å². The van der Waals surface area contributed by atoms with E-state index in [2.05, 4.69) is 27.8 Å². The van der Waals surface area contributed by atoms with Crippen LogP contribution in [0.1, 0.15) is 67.2 Å². The Kier molecular flexibility index (Phi) is 5.84. The third kappa shape index (κ3) is 4.22. The Morgan fingerprint density at radius 2 is 1.97 bits per heavy atom. The Hall–Kier alpha value is -2.54. The topological polar surface area (TPSA) is 65.5 Å². The maximum atomic E-state index is 12.8. The van der Waals surface area contributed by atoms with E-state index in [1.165, 1.54) is 36.8 Å². The first kappa shape index (κ1) is 21.3. The first-order valence-corrected chi connectivity index (χ1v) is 12.0.